The quantitative estimate of drug-likeness (QED) is 0.638. The maximum Gasteiger partial charge on any atom is 0.493 e. The molecule has 2 aromatic heterocycles. The van der Waals surface area contributed by atoms with Crippen molar-refractivity contribution in [3.63, 3.8) is 0 Å². The van der Waals surface area contributed by atoms with Gasteiger partial charge >= 0.3 is 17.8 Å². The van der Waals surface area contributed by atoms with E-state index >= 15 is 0 Å². The summed E-state index contributed by atoms with van der Waals surface area (Å²) < 4.78 is 50.3. The highest BCUT2D eigenvalue weighted by atomic mass is 19.4. The van der Waals surface area contributed by atoms with Crippen LogP contribution in [0.1, 0.15) is 5.69 Å². The van der Waals surface area contributed by atoms with Crippen LogP contribution in [0.25, 0.3) is 17.2 Å². The molecular formula is C19H13F4N3O4. The molecule has 0 unspecified atom stereocenters. The first-order valence-electron chi connectivity index (χ1n) is 8.34. The van der Waals surface area contributed by atoms with E-state index in [0.717, 1.165) is 11.1 Å². The number of imidazole rings is 1. The molecule has 0 radical (unpaired) electrons. The van der Waals surface area contributed by atoms with E-state index in [9.17, 15) is 32.3 Å². The fourth-order valence-corrected chi connectivity index (χ4v) is 2.42. The number of carbonyl (C=O) groups excluding carboxylic acids is 1. The first kappa shape index (κ1) is 20.8. The highest BCUT2D eigenvalue weighted by Gasteiger charge is 2.42. The van der Waals surface area contributed by atoms with E-state index in [0.29, 0.717) is 16.5 Å². The molecule has 0 aliphatic rings. The number of allylic oxidation sites excluding steroid dienone is 1. The maximum absolute atomic E-state index is 13.0. The number of benzene rings is 1. The van der Waals surface area contributed by atoms with Gasteiger partial charge in [-0.05, 0) is 29.8 Å². The van der Waals surface area contributed by atoms with Crippen LogP contribution in [0.2, 0.25) is 0 Å². The summed E-state index contributed by atoms with van der Waals surface area (Å²) in [6.45, 7) is -0.220. The third kappa shape index (κ3) is 4.74. The van der Waals surface area contributed by atoms with Crippen molar-refractivity contribution in [1.82, 2.24) is 14.3 Å². The van der Waals surface area contributed by atoms with E-state index in [2.05, 4.69) is 9.82 Å². The summed E-state index contributed by atoms with van der Waals surface area (Å²) in [6, 6.07) is 9.27. The zero-order chi connectivity index (χ0) is 21.9. The lowest BCUT2D eigenvalue weighted by Gasteiger charge is -2.04. The molecule has 1 aromatic carbocycles. The van der Waals surface area contributed by atoms with Gasteiger partial charge in [-0.3, -0.25) is 9.55 Å². The van der Waals surface area contributed by atoms with Gasteiger partial charge in [-0.25, -0.2) is 14.0 Å². The maximum atomic E-state index is 13.0. The second-order valence-corrected chi connectivity index (χ2v) is 5.96. The zero-order valence-electron chi connectivity index (χ0n) is 15.0. The molecule has 3 rings (SSSR count). The average Bonchev–Trinajstić information content (AvgIpc) is 2.96. The molecule has 11 heteroatoms. The molecule has 2 heterocycles. The minimum Gasteiger partial charge on any atom is -0.493 e. The molecular weight excluding hydrogens is 410 g/mol. The van der Waals surface area contributed by atoms with E-state index in [1.54, 1.807) is 30.5 Å². The number of rotatable bonds is 5. The number of hydrogen-bond acceptors (Lipinski definition) is 5. The fraction of sp³-hybridized carbons (Fsp3) is 0.105. The molecule has 0 aliphatic heterocycles. The summed E-state index contributed by atoms with van der Waals surface area (Å²) in [5, 5.41) is 9.70. The molecule has 0 atom stereocenters. The molecule has 7 nitrogen and oxygen atoms in total. The molecule has 0 saturated heterocycles. The SMILES string of the molecule is O=C(On1cc(O)n(CC=Cc2ccc(-c3ccc(F)cc3)cn2)c1=O)C(F)(F)F. The van der Waals surface area contributed by atoms with E-state index < -0.39 is 23.7 Å². The van der Waals surface area contributed by atoms with E-state index in [-0.39, 0.29) is 17.1 Å². The van der Waals surface area contributed by atoms with Crippen molar-refractivity contribution in [3.05, 3.63) is 76.9 Å². The molecule has 156 valence electrons. The van der Waals surface area contributed by atoms with Gasteiger partial charge in [0.15, 0.2) is 0 Å². The van der Waals surface area contributed by atoms with Gasteiger partial charge in [0.25, 0.3) is 0 Å². The molecule has 30 heavy (non-hydrogen) atoms. The predicted octanol–water partition coefficient (Wildman–Crippen LogP) is 2.79. The van der Waals surface area contributed by atoms with Crippen LogP contribution in [-0.4, -0.2) is 31.5 Å². The van der Waals surface area contributed by atoms with Gasteiger partial charge in [0.1, 0.15) is 12.0 Å². The highest BCUT2D eigenvalue weighted by Crippen LogP contribution is 2.19. The number of aromatic hydroxyl groups is 1. The number of aromatic nitrogens is 3. The largest absolute Gasteiger partial charge is 0.493 e. The fourth-order valence-electron chi connectivity index (χ4n) is 2.42. The van der Waals surface area contributed by atoms with Crippen molar-refractivity contribution in [3.8, 4) is 17.0 Å². The predicted molar refractivity (Wildman–Crippen MR) is 96.7 cm³/mol. The van der Waals surface area contributed by atoms with Gasteiger partial charge in [-0.1, -0.05) is 24.3 Å². The molecule has 0 spiro atoms. The Morgan fingerprint density at radius 2 is 1.80 bits per heavy atom. The Kier molecular flexibility index (Phi) is 5.72. The third-order valence-corrected chi connectivity index (χ3v) is 3.88. The second kappa shape index (κ2) is 8.23. The Labute approximate surface area is 166 Å². The monoisotopic (exact) mass is 423 g/mol. The minimum absolute atomic E-state index is 0.00522. The molecule has 0 bridgehead atoms. The van der Waals surface area contributed by atoms with Crippen LogP contribution in [0.4, 0.5) is 17.6 Å². The number of carbonyl (C=O) groups is 1. The van der Waals surface area contributed by atoms with Crippen molar-refractivity contribution in [2.24, 2.45) is 0 Å². The van der Waals surface area contributed by atoms with Crippen molar-refractivity contribution < 1.29 is 32.3 Å². The number of nitrogens with zero attached hydrogens (tertiary/aromatic N) is 3. The third-order valence-electron chi connectivity index (χ3n) is 3.88. The van der Waals surface area contributed by atoms with Crippen LogP contribution in [0.3, 0.4) is 0 Å². The van der Waals surface area contributed by atoms with Crippen LogP contribution in [-0.2, 0) is 11.3 Å². The van der Waals surface area contributed by atoms with E-state index in [1.807, 2.05) is 0 Å². The Morgan fingerprint density at radius 3 is 2.40 bits per heavy atom. The van der Waals surface area contributed by atoms with E-state index in [1.165, 1.54) is 24.3 Å². The lowest BCUT2D eigenvalue weighted by molar-refractivity contribution is -0.200. The summed E-state index contributed by atoms with van der Waals surface area (Å²) in [4.78, 5) is 30.9. The topological polar surface area (TPSA) is 86.3 Å². The van der Waals surface area contributed by atoms with Crippen molar-refractivity contribution >= 4 is 12.0 Å². The zero-order valence-corrected chi connectivity index (χ0v) is 15.0. The Balaban J connectivity index is 1.69. The van der Waals surface area contributed by atoms with Crippen LogP contribution >= 0.6 is 0 Å². The first-order chi connectivity index (χ1) is 14.1. The van der Waals surface area contributed by atoms with Crippen LogP contribution in [0.5, 0.6) is 5.88 Å². The number of pyridine rings is 1. The van der Waals surface area contributed by atoms with Gasteiger partial charge in [-0.2, -0.15) is 13.2 Å². The van der Waals surface area contributed by atoms with Crippen molar-refractivity contribution in [1.29, 1.82) is 0 Å². The normalized spacial score (nSPS) is 11.7. The number of halogens is 4. The standard InChI is InChI=1S/C19H13F4N3O4/c20-14-6-3-12(4-7-14)13-5-8-15(24-10-13)2-1-9-25-16(27)11-26(18(25)29)30-17(28)19(21,22)23/h1-8,10-11,27H,9H2. The summed E-state index contributed by atoms with van der Waals surface area (Å²) in [5.41, 5.74) is 0.848. The van der Waals surface area contributed by atoms with Gasteiger partial charge in [0, 0.05) is 18.3 Å². The minimum atomic E-state index is -5.29. The molecule has 0 amide bonds. The second-order valence-electron chi connectivity index (χ2n) is 5.96. The Morgan fingerprint density at radius 1 is 1.13 bits per heavy atom. The van der Waals surface area contributed by atoms with Crippen LogP contribution in [0, 0.1) is 5.82 Å². The molecule has 0 saturated carbocycles. The number of hydrogen-bond donors (Lipinski definition) is 1. The van der Waals surface area contributed by atoms with Gasteiger partial charge in [0.05, 0.1) is 5.69 Å². The summed E-state index contributed by atoms with van der Waals surface area (Å²) >= 11 is 0. The van der Waals surface area contributed by atoms with Gasteiger partial charge < -0.3 is 9.94 Å². The van der Waals surface area contributed by atoms with Crippen LogP contribution < -0.4 is 10.5 Å². The summed E-state index contributed by atoms with van der Waals surface area (Å²) in [7, 11) is 0. The molecule has 0 aliphatic carbocycles. The first-order valence-corrected chi connectivity index (χ1v) is 8.34. The number of alkyl halides is 3. The van der Waals surface area contributed by atoms with Gasteiger partial charge in [-0.15, -0.1) is 4.73 Å². The van der Waals surface area contributed by atoms with Crippen LogP contribution in [0.15, 0.2) is 59.7 Å². The molecule has 1 N–H and O–H groups in total. The summed E-state index contributed by atoms with van der Waals surface area (Å²) in [5.74, 6) is -3.64. The molecule has 0 fully saturated rings. The Bertz CT molecular complexity index is 1130. The molecule has 3 aromatic rings. The van der Waals surface area contributed by atoms with Crippen molar-refractivity contribution in [2.45, 2.75) is 12.7 Å². The highest BCUT2D eigenvalue weighted by molar-refractivity contribution is 5.75. The lowest BCUT2D eigenvalue weighted by Crippen LogP contribution is -2.38. The van der Waals surface area contributed by atoms with Gasteiger partial charge in [0.2, 0.25) is 5.88 Å². The summed E-state index contributed by atoms with van der Waals surface area (Å²) in [6.07, 6.45) is -0.238. The lowest BCUT2D eigenvalue weighted by atomic mass is 10.1. The average molecular weight is 423 g/mol. The van der Waals surface area contributed by atoms with E-state index in [4.69, 9.17) is 0 Å². The van der Waals surface area contributed by atoms with Crippen molar-refractivity contribution in [2.75, 3.05) is 0 Å². The smallest absolute Gasteiger partial charge is 0.493 e. The Hall–Kier alpha value is -3.89.